The highest BCUT2D eigenvalue weighted by Crippen LogP contribution is 2.34. The van der Waals surface area contributed by atoms with Crippen LogP contribution in [-0.4, -0.2) is 22.7 Å². The van der Waals surface area contributed by atoms with Crippen LogP contribution in [0.15, 0.2) is 30.6 Å². The average molecular weight is 286 g/mol. The molecule has 6 heteroatoms. The van der Waals surface area contributed by atoms with Gasteiger partial charge in [-0.15, -0.1) is 0 Å². The molecule has 0 spiro atoms. The third kappa shape index (κ3) is 2.50. The van der Waals surface area contributed by atoms with Crippen LogP contribution in [0.1, 0.15) is 31.5 Å². The molecule has 1 amide bonds. The lowest BCUT2D eigenvalue weighted by Crippen LogP contribution is -2.23. The van der Waals surface area contributed by atoms with Gasteiger partial charge in [0.1, 0.15) is 11.8 Å². The van der Waals surface area contributed by atoms with Gasteiger partial charge < -0.3 is 15.4 Å². The number of nitrogens with one attached hydrogen (secondary N) is 2. The summed E-state index contributed by atoms with van der Waals surface area (Å²) in [6, 6.07) is 5.58. The number of carbonyl (C=O) groups excluding carboxylic acids is 1. The van der Waals surface area contributed by atoms with Crippen LogP contribution in [-0.2, 0) is 4.79 Å². The third-order valence-electron chi connectivity index (χ3n) is 3.49. The molecule has 110 valence electrons. The van der Waals surface area contributed by atoms with Gasteiger partial charge in [-0.2, -0.15) is 5.10 Å². The summed E-state index contributed by atoms with van der Waals surface area (Å²) < 4.78 is 7.62. The van der Waals surface area contributed by atoms with E-state index in [4.69, 9.17) is 4.74 Å². The fraction of sp³-hybridized carbons (Fsp3) is 0.333. The summed E-state index contributed by atoms with van der Waals surface area (Å²) in [5.74, 6) is 1.31. The van der Waals surface area contributed by atoms with E-state index in [9.17, 15) is 4.79 Å². The average Bonchev–Trinajstić information content (AvgIpc) is 3.02. The second-order valence-electron chi connectivity index (χ2n) is 5.31. The lowest BCUT2D eigenvalue weighted by molar-refractivity contribution is -0.117. The second kappa shape index (κ2) is 5.21. The molecule has 0 aliphatic carbocycles. The number of benzene rings is 1. The van der Waals surface area contributed by atoms with E-state index in [1.165, 1.54) is 0 Å². The van der Waals surface area contributed by atoms with Crippen molar-refractivity contribution in [2.24, 2.45) is 0 Å². The van der Waals surface area contributed by atoms with E-state index in [2.05, 4.69) is 29.6 Å². The topological polar surface area (TPSA) is 68.2 Å². The van der Waals surface area contributed by atoms with Crippen molar-refractivity contribution in [3.63, 3.8) is 0 Å². The molecule has 0 bridgehead atoms. The van der Waals surface area contributed by atoms with Crippen molar-refractivity contribution in [2.75, 3.05) is 12.4 Å². The number of ether oxygens (including phenoxy) is 1. The Kier molecular flexibility index (Phi) is 3.39. The minimum absolute atomic E-state index is 0.0442. The van der Waals surface area contributed by atoms with Crippen molar-refractivity contribution in [2.45, 2.75) is 25.9 Å². The maximum absolute atomic E-state index is 11.8. The predicted molar refractivity (Wildman–Crippen MR) is 79.6 cm³/mol. The number of carbonyl (C=O) groups is 1. The molecule has 1 aromatic heterocycles. The molecule has 1 aromatic carbocycles. The van der Waals surface area contributed by atoms with Gasteiger partial charge in [0.25, 0.3) is 0 Å². The molecule has 6 nitrogen and oxygen atoms in total. The minimum atomic E-state index is -0.294. The number of fused-ring (bicyclic) bond motifs is 1. The zero-order valence-electron chi connectivity index (χ0n) is 12.3. The highest BCUT2D eigenvalue weighted by atomic mass is 16.5. The number of nitrogens with zero attached hydrogens (tertiary/aromatic N) is 2. The van der Waals surface area contributed by atoms with Crippen LogP contribution in [0.4, 0.5) is 5.69 Å². The molecule has 21 heavy (non-hydrogen) atoms. The normalized spacial score (nSPS) is 17.0. The Labute approximate surface area is 123 Å². The smallest absolute Gasteiger partial charge is 0.246 e. The first kappa shape index (κ1) is 13.6. The van der Waals surface area contributed by atoms with Gasteiger partial charge in [0.15, 0.2) is 5.75 Å². The number of hydrogen-bond donors (Lipinski definition) is 2. The molecule has 0 saturated carbocycles. The number of aromatic nitrogens is 2. The SMILES string of the molecule is CNC1C(=O)Nc2cc(Oc3cnn(C(C)C)c3)ccc21. The molecule has 2 N–H and O–H groups in total. The number of anilines is 1. The molecule has 1 unspecified atom stereocenters. The first-order chi connectivity index (χ1) is 10.1. The van der Waals surface area contributed by atoms with Crippen molar-refractivity contribution in [3.05, 3.63) is 36.2 Å². The highest BCUT2D eigenvalue weighted by molar-refractivity contribution is 6.02. The van der Waals surface area contributed by atoms with Crippen molar-refractivity contribution in [1.29, 1.82) is 0 Å². The lowest BCUT2D eigenvalue weighted by atomic mass is 10.1. The van der Waals surface area contributed by atoms with Crippen LogP contribution >= 0.6 is 0 Å². The summed E-state index contributed by atoms with van der Waals surface area (Å²) in [5.41, 5.74) is 1.72. The molecule has 0 radical (unpaired) electrons. The Morgan fingerprint density at radius 2 is 2.19 bits per heavy atom. The van der Waals surface area contributed by atoms with E-state index in [-0.39, 0.29) is 18.0 Å². The minimum Gasteiger partial charge on any atom is -0.454 e. The molecule has 1 aliphatic heterocycles. The largest absolute Gasteiger partial charge is 0.454 e. The van der Waals surface area contributed by atoms with E-state index in [0.29, 0.717) is 11.5 Å². The van der Waals surface area contributed by atoms with E-state index in [1.54, 1.807) is 13.2 Å². The number of amides is 1. The summed E-state index contributed by atoms with van der Waals surface area (Å²) in [7, 11) is 1.77. The zero-order chi connectivity index (χ0) is 15.0. The Balaban J connectivity index is 1.81. The van der Waals surface area contributed by atoms with E-state index >= 15 is 0 Å². The van der Waals surface area contributed by atoms with Crippen molar-refractivity contribution in [1.82, 2.24) is 15.1 Å². The molecule has 0 saturated heterocycles. The molecular formula is C15H18N4O2. The van der Waals surface area contributed by atoms with Gasteiger partial charge in [0.2, 0.25) is 5.91 Å². The first-order valence-corrected chi connectivity index (χ1v) is 6.92. The fourth-order valence-corrected chi connectivity index (χ4v) is 2.38. The van der Waals surface area contributed by atoms with E-state index in [0.717, 1.165) is 11.3 Å². The van der Waals surface area contributed by atoms with Crippen LogP contribution in [0, 0.1) is 0 Å². The van der Waals surface area contributed by atoms with Gasteiger partial charge in [-0.1, -0.05) is 6.07 Å². The van der Waals surface area contributed by atoms with Crippen molar-refractivity contribution in [3.8, 4) is 11.5 Å². The van der Waals surface area contributed by atoms with Crippen molar-refractivity contribution < 1.29 is 9.53 Å². The summed E-state index contributed by atoms with van der Waals surface area (Å²) in [6.07, 6.45) is 3.54. The Bertz CT molecular complexity index is 678. The van der Waals surface area contributed by atoms with Gasteiger partial charge >= 0.3 is 0 Å². The number of hydrogen-bond acceptors (Lipinski definition) is 4. The fourth-order valence-electron chi connectivity index (χ4n) is 2.38. The molecule has 0 fully saturated rings. The maximum Gasteiger partial charge on any atom is 0.246 e. The van der Waals surface area contributed by atoms with Crippen LogP contribution < -0.4 is 15.4 Å². The molecule has 3 rings (SSSR count). The van der Waals surface area contributed by atoms with Crippen LogP contribution in [0.5, 0.6) is 11.5 Å². The standard InChI is InChI=1S/C15H18N4O2/c1-9(2)19-8-11(7-17-19)21-10-4-5-12-13(6-10)18-15(20)14(12)16-3/h4-9,14,16H,1-3H3,(H,18,20). The van der Waals surface area contributed by atoms with Gasteiger partial charge in [-0.3, -0.25) is 9.48 Å². The van der Waals surface area contributed by atoms with Gasteiger partial charge in [-0.25, -0.2) is 0 Å². The third-order valence-corrected chi connectivity index (χ3v) is 3.49. The van der Waals surface area contributed by atoms with Crippen LogP contribution in [0.3, 0.4) is 0 Å². The Morgan fingerprint density at radius 1 is 1.38 bits per heavy atom. The molecule has 2 heterocycles. The molecule has 1 atom stereocenters. The number of likely N-dealkylation sites (N-methyl/N-ethyl adjacent to an activating group) is 1. The maximum atomic E-state index is 11.8. The van der Waals surface area contributed by atoms with Gasteiger partial charge in [0, 0.05) is 23.4 Å². The van der Waals surface area contributed by atoms with E-state index in [1.807, 2.05) is 29.1 Å². The summed E-state index contributed by atoms with van der Waals surface area (Å²) in [4.78, 5) is 11.8. The monoisotopic (exact) mass is 286 g/mol. The van der Waals surface area contributed by atoms with Crippen molar-refractivity contribution >= 4 is 11.6 Å². The van der Waals surface area contributed by atoms with Crippen LogP contribution in [0.25, 0.3) is 0 Å². The summed E-state index contributed by atoms with van der Waals surface area (Å²) in [5, 5.41) is 10.1. The lowest BCUT2D eigenvalue weighted by Gasteiger charge is -2.08. The Morgan fingerprint density at radius 3 is 2.86 bits per heavy atom. The second-order valence-corrected chi connectivity index (χ2v) is 5.31. The molecular weight excluding hydrogens is 268 g/mol. The zero-order valence-corrected chi connectivity index (χ0v) is 12.3. The summed E-state index contributed by atoms with van der Waals surface area (Å²) >= 11 is 0. The quantitative estimate of drug-likeness (QED) is 0.906. The van der Waals surface area contributed by atoms with E-state index < -0.39 is 0 Å². The van der Waals surface area contributed by atoms with Gasteiger partial charge in [-0.05, 0) is 27.0 Å². The highest BCUT2D eigenvalue weighted by Gasteiger charge is 2.29. The molecule has 2 aromatic rings. The van der Waals surface area contributed by atoms with Crippen LogP contribution in [0.2, 0.25) is 0 Å². The van der Waals surface area contributed by atoms with Gasteiger partial charge in [0.05, 0.1) is 12.4 Å². The predicted octanol–water partition coefficient (Wildman–Crippen LogP) is 2.47. The Hall–Kier alpha value is -2.34. The summed E-state index contributed by atoms with van der Waals surface area (Å²) in [6.45, 7) is 4.11. The first-order valence-electron chi connectivity index (χ1n) is 6.92. The number of rotatable bonds is 4. The molecule has 1 aliphatic rings.